The van der Waals surface area contributed by atoms with E-state index in [0.29, 0.717) is 6.04 Å². The van der Waals surface area contributed by atoms with Crippen LogP contribution in [0.5, 0.6) is 0 Å². The molecule has 0 saturated heterocycles. The summed E-state index contributed by atoms with van der Waals surface area (Å²) in [6, 6.07) is 11.0. The summed E-state index contributed by atoms with van der Waals surface area (Å²) in [4.78, 5) is 4.74. The van der Waals surface area contributed by atoms with Gasteiger partial charge in [-0.3, -0.25) is 0 Å². The van der Waals surface area contributed by atoms with E-state index in [0.717, 1.165) is 24.2 Å². The van der Waals surface area contributed by atoms with Gasteiger partial charge in [-0.1, -0.05) is 31.0 Å². The van der Waals surface area contributed by atoms with Gasteiger partial charge in [-0.25, -0.2) is 4.98 Å². The van der Waals surface area contributed by atoms with Gasteiger partial charge in [0.05, 0.1) is 5.52 Å². The highest BCUT2D eigenvalue weighted by atomic mass is 15.0. The van der Waals surface area contributed by atoms with E-state index in [-0.39, 0.29) is 6.04 Å². The van der Waals surface area contributed by atoms with Crippen molar-refractivity contribution in [2.24, 2.45) is 5.73 Å². The minimum absolute atomic E-state index is 0.251. The van der Waals surface area contributed by atoms with Crippen molar-refractivity contribution in [2.75, 3.05) is 5.32 Å². The first kappa shape index (κ1) is 12.4. The molecule has 0 spiro atoms. The van der Waals surface area contributed by atoms with Gasteiger partial charge in [0.1, 0.15) is 5.82 Å². The number of aryl methyl sites for hydroxylation is 1. The first-order valence-electron chi connectivity index (χ1n) is 7.12. The third kappa shape index (κ3) is 2.56. The molecule has 1 fully saturated rings. The topological polar surface area (TPSA) is 50.9 Å². The normalized spacial score (nSPS) is 23.5. The van der Waals surface area contributed by atoms with Crippen LogP contribution in [0.1, 0.15) is 31.2 Å². The second kappa shape index (κ2) is 5.17. The maximum absolute atomic E-state index is 6.20. The van der Waals surface area contributed by atoms with Crippen LogP contribution in [0.3, 0.4) is 0 Å². The molecular weight excluding hydrogens is 234 g/mol. The lowest BCUT2D eigenvalue weighted by Crippen LogP contribution is -2.42. The van der Waals surface area contributed by atoms with E-state index in [9.17, 15) is 0 Å². The predicted octanol–water partition coefficient (Wildman–Crippen LogP) is 3.23. The smallest absolute Gasteiger partial charge is 0.129 e. The first-order valence-corrected chi connectivity index (χ1v) is 7.12. The number of pyridine rings is 1. The highest BCUT2D eigenvalue weighted by Crippen LogP contribution is 2.24. The van der Waals surface area contributed by atoms with Gasteiger partial charge >= 0.3 is 0 Å². The van der Waals surface area contributed by atoms with E-state index in [1.807, 2.05) is 12.1 Å². The fourth-order valence-corrected chi connectivity index (χ4v) is 2.88. The van der Waals surface area contributed by atoms with Crippen molar-refractivity contribution >= 4 is 16.7 Å². The molecule has 1 aromatic heterocycles. The molecule has 1 heterocycles. The third-order valence-electron chi connectivity index (χ3n) is 4.06. The van der Waals surface area contributed by atoms with Gasteiger partial charge in [0.15, 0.2) is 0 Å². The van der Waals surface area contributed by atoms with E-state index in [1.54, 1.807) is 0 Å². The lowest BCUT2D eigenvalue weighted by Gasteiger charge is -2.30. The van der Waals surface area contributed by atoms with Crippen LogP contribution in [0.15, 0.2) is 30.3 Å². The van der Waals surface area contributed by atoms with Gasteiger partial charge in [0.2, 0.25) is 0 Å². The van der Waals surface area contributed by atoms with Crippen molar-refractivity contribution in [3.05, 3.63) is 35.9 Å². The Morgan fingerprint density at radius 1 is 1.21 bits per heavy atom. The Morgan fingerprint density at radius 3 is 2.84 bits per heavy atom. The van der Waals surface area contributed by atoms with Crippen LogP contribution in [-0.2, 0) is 0 Å². The number of nitrogens with one attached hydrogen (secondary N) is 1. The number of aromatic nitrogens is 1. The summed E-state index contributed by atoms with van der Waals surface area (Å²) in [7, 11) is 0. The molecular formula is C16H21N3. The van der Waals surface area contributed by atoms with E-state index in [4.69, 9.17) is 10.7 Å². The van der Waals surface area contributed by atoms with Crippen LogP contribution in [0, 0.1) is 6.92 Å². The highest BCUT2D eigenvalue weighted by Gasteiger charge is 2.22. The van der Waals surface area contributed by atoms with E-state index < -0.39 is 0 Å². The van der Waals surface area contributed by atoms with Gasteiger partial charge in [0, 0.05) is 17.5 Å². The number of nitrogens with two attached hydrogens (primary N) is 1. The molecule has 0 bridgehead atoms. The first-order chi connectivity index (χ1) is 9.24. The summed E-state index contributed by atoms with van der Waals surface area (Å²) in [5, 5.41) is 4.75. The molecule has 19 heavy (non-hydrogen) atoms. The summed E-state index contributed by atoms with van der Waals surface area (Å²) in [5.41, 5.74) is 8.43. The Morgan fingerprint density at radius 2 is 2.00 bits per heavy atom. The zero-order chi connectivity index (χ0) is 13.2. The summed E-state index contributed by atoms with van der Waals surface area (Å²) in [6.45, 7) is 2.11. The Balaban J connectivity index is 1.89. The van der Waals surface area contributed by atoms with Crippen LogP contribution in [0.25, 0.3) is 10.9 Å². The molecule has 3 nitrogen and oxygen atoms in total. The molecule has 2 aromatic rings. The highest BCUT2D eigenvalue weighted by molar-refractivity contribution is 5.81. The van der Waals surface area contributed by atoms with E-state index in [1.165, 1.54) is 23.8 Å². The van der Waals surface area contributed by atoms with Gasteiger partial charge in [0.25, 0.3) is 0 Å². The lowest BCUT2D eigenvalue weighted by molar-refractivity contribution is 0.403. The predicted molar refractivity (Wildman–Crippen MR) is 80.3 cm³/mol. The van der Waals surface area contributed by atoms with Crippen LogP contribution in [0.2, 0.25) is 0 Å². The fraction of sp³-hybridized carbons (Fsp3) is 0.438. The number of hydrogen-bond donors (Lipinski definition) is 2. The summed E-state index contributed by atoms with van der Waals surface area (Å²) in [6.07, 6.45) is 4.78. The SMILES string of the molecule is Cc1cc2ccccc2nc1N[C@@H]1CCCC[C@H]1N. The van der Waals surface area contributed by atoms with E-state index >= 15 is 0 Å². The number of hydrogen-bond acceptors (Lipinski definition) is 3. The minimum Gasteiger partial charge on any atom is -0.366 e. The minimum atomic E-state index is 0.251. The summed E-state index contributed by atoms with van der Waals surface area (Å²) < 4.78 is 0. The van der Waals surface area contributed by atoms with Gasteiger partial charge < -0.3 is 11.1 Å². The van der Waals surface area contributed by atoms with Crippen molar-refractivity contribution in [3.63, 3.8) is 0 Å². The molecule has 0 amide bonds. The molecule has 3 heteroatoms. The van der Waals surface area contributed by atoms with Gasteiger partial charge in [-0.2, -0.15) is 0 Å². The second-order valence-electron chi connectivity index (χ2n) is 5.55. The summed E-state index contributed by atoms with van der Waals surface area (Å²) in [5.74, 6) is 0.987. The quantitative estimate of drug-likeness (QED) is 0.866. The molecule has 0 aliphatic heterocycles. The molecule has 1 aliphatic carbocycles. The van der Waals surface area contributed by atoms with E-state index in [2.05, 4.69) is 30.4 Å². The number of fused-ring (bicyclic) bond motifs is 1. The molecule has 1 aliphatic rings. The standard InChI is InChI=1S/C16H21N3/c1-11-10-12-6-2-4-8-14(12)18-16(11)19-15-9-5-3-7-13(15)17/h2,4,6,8,10,13,15H,3,5,7,9,17H2,1H3,(H,18,19)/t13-,15-/m1/s1. The molecule has 3 rings (SSSR count). The van der Waals surface area contributed by atoms with Crippen molar-refractivity contribution in [1.82, 2.24) is 4.98 Å². The molecule has 3 N–H and O–H groups in total. The average molecular weight is 255 g/mol. The second-order valence-corrected chi connectivity index (χ2v) is 5.55. The van der Waals surface area contributed by atoms with Crippen LogP contribution in [-0.4, -0.2) is 17.1 Å². The number of anilines is 1. The maximum Gasteiger partial charge on any atom is 0.129 e. The van der Waals surface area contributed by atoms with Crippen molar-refractivity contribution in [2.45, 2.75) is 44.7 Å². The fourth-order valence-electron chi connectivity index (χ4n) is 2.88. The van der Waals surface area contributed by atoms with Crippen LogP contribution >= 0.6 is 0 Å². The Labute approximate surface area is 114 Å². The van der Waals surface area contributed by atoms with Crippen LogP contribution < -0.4 is 11.1 Å². The number of nitrogens with zero attached hydrogens (tertiary/aromatic N) is 1. The molecule has 2 atom stereocenters. The molecule has 0 unspecified atom stereocenters. The number of rotatable bonds is 2. The molecule has 100 valence electrons. The molecule has 0 radical (unpaired) electrons. The summed E-state index contributed by atoms with van der Waals surface area (Å²) >= 11 is 0. The Kier molecular flexibility index (Phi) is 3.38. The van der Waals surface area contributed by atoms with Crippen molar-refractivity contribution < 1.29 is 0 Å². The number of benzene rings is 1. The lowest BCUT2D eigenvalue weighted by atomic mass is 9.91. The average Bonchev–Trinajstić information content (AvgIpc) is 2.42. The van der Waals surface area contributed by atoms with Crippen molar-refractivity contribution in [1.29, 1.82) is 0 Å². The zero-order valence-corrected chi connectivity index (χ0v) is 11.4. The maximum atomic E-state index is 6.20. The molecule has 1 aromatic carbocycles. The number of para-hydroxylation sites is 1. The van der Waals surface area contributed by atoms with Gasteiger partial charge in [-0.05, 0) is 37.5 Å². The zero-order valence-electron chi connectivity index (χ0n) is 11.4. The van der Waals surface area contributed by atoms with Crippen LogP contribution in [0.4, 0.5) is 5.82 Å². The van der Waals surface area contributed by atoms with Gasteiger partial charge in [-0.15, -0.1) is 0 Å². The van der Waals surface area contributed by atoms with Crippen molar-refractivity contribution in [3.8, 4) is 0 Å². The monoisotopic (exact) mass is 255 g/mol. The largest absolute Gasteiger partial charge is 0.366 e. The molecule has 1 saturated carbocycles. The Bertz CT molecular complexity index is 579. The third-order valence-corrected chi connectivity index (χ3v) is 4.06. The Hall–Kier alpha value is -1.61.